The molecule has 24 nitrogen and oxygen atoms in total. The minimum absolute atomic E-state index is 0.0638. The van der Waals surface area contributed by atoms with Crippen LogP contribution in [-0.2, 0) is 70.8 Å². The van der Waals surface area contributed by atoms with Crippen molar-refractivity contribution in [3.8, 4) is 5.75 Å². The Morgan fingerprint density at radius 3 is 0.964 bits per heavy atom. The Kier molecular flexibility index (Phi) is 9.76. The number of phenols is 1. The first kappa shape index (κ1) is 41.8. The van der Waals surface area contributed by atoms with E-state index in [1.807, 2.05) is 0 Å². The third-order valence-corrected chi connectivity index (χ3v) is 14.5. The molecule has 0 saturated heterocycles. The van der Waals surface area contributed by atoms with Gasteiger partial charge in [-0.15, -0.1) is 0 Å². The van der Waals surface area contributed by atoms with E-state index in [1.54, 1.807) is 0 Å². The highest BCUT2D eigenvalue weighted by Crippen LogP contribution is 2.46. The van der Waals surface area contributed by atoms with Gasteiger partial charge in [-0.3, -0.25) is 31.9 Å². The summed E-state index contributed by atoms with van der Waals surface area (Å²) in [6, 6.07) is 10.8. The third kappa shape index (κ3) is 7.37. The molecule has 6 aromatic rings. The van der Waals surface area contributed by atoms with Gasteiger partial charge >= 0.3 is 0 Å². The van der Waals surface area contributed by atoms with Crippen LogP contribution in [0.4, 0.5) is 0 Å². The van der Waals surface area contributed by atoms with Crippen molar-refractivity contribution >= 4 is 114 Å². The maximum Gasteiger partial charge on any atom is 0.299 e. The number of fused-ring (bicyclic) bond motifs is 6. The summed E-state index contributed by atoms with van der Waals surface area (Å²) in [5.74, 6) is -1.32. The van der Waals surface area contributed by atoms with Crippen LogP contribution in [0, 0.1) is 0 Å². The lowest BCUT2D eigenvalue weighted by Gasteiger charge is -2.14. The highest BCUT2D eigenvalue weighted by Gasteiger charge is 2.43. The van der Waals surface area contributed by atoms with E-state index in [4.69, 9.17) is 0 Å². The Morgan fingerprint density at radius 1 is 0.345 bits per heavy atom. The van der Waals surface area contributed by atoms with Crippen molar-refractivity contribution in [1.82, 2.24) is 9.97 Å². The van der Waals surface area contributed by atoms with E-state index in [2.05, 4.69) is 9.97 Å². The van der Waals surface area contributed by atoms with Crippen LogP contribution in [0.15, 0.2) is 82.8 Å². The van der Waals surface area contributed by atoms with E-state index in [-0.39, 0.29) is 21.8 Å². The van der Waals surface area contributed by atoms with Crippen LogP contribution in [0.25, 0.3) is 43.6 Å². The van der Waals surface area contributed by atoms with Crippen LogP contribution in [0.5, 0.6) is 5.75 Å². The predicted molar refractivity (Wildman–Crippen MR) is 182 cm³/mol. The van der Waals surface area contributed by atoms with Crippen molar-refractivity contribution in [1.29, 1.82) is 0 Å². The number of hydrogen-bond donors (Lipinski definition) is 10. The lowest BCUT2D eigenvalue weighted by molar-refractivity contribution is 0.430. The van der Waals surface area contributed by atoms with E-state index in [0.717, 1.165) is 6.07 Å². The largest absolute Gasteiger partial charge is 0.506 e. The Hall–Kier alpha value is -4.35. The number of H-pyrrole nitrogens is 2. The quantitative estimate of drug-likeness (QED) is 0.100. The second-order valence-corrected chi connectivity index (χ2v) is 20.3. The number of aromatic nitrogens is 2. The fourth-order valence-corrected chi connectivity index (χ4v) is 14.0. The molecule has 0 fully saturated rings. The van der Waals surface area contributed by atoms with Crippen LogP contribution in [0.1, 0.15) is 0 Å². The van der Waals surface area contributed by atoms with E-state index in [9.17, 15) is 95.9 Å². The molecule has 2 heterocycles. The molecule has 4 aromatic carbocycles. The van der Waals surface area contributed by atoms with Gasteiger partial charge in [0, 0.05) is 27.2 Å². The van der Waals surface area contributed by atoms with Gasteiger partial charge in [-0.1, -0.05) is 36.4 Å². The van der Waals surface area contributed by atoms with E-state index in [0.29, 0.717) is 0 Å². The highest BCUT2D eigenvalue weighted by atomic mass is 32.3. The minimum Gasteiger partial charge on any atom is -0.506 e. The number of benzene rings is 4. The molecular formula is C24H18N2O22S7. The number of rotatable bonds is 7. The molecule has 0 bridgehead atoms. The maximum absolute atomic E-state index is 12.0. The molecule has 2 aromatic heterocycles. The lowest BCUT2D eigenvalue weighted by atomic mass is 10.1. The van der Waals surface area contributed by atoms with Crippen molar-refractivity contribution in [2.75, 3.05) is 0 Å². The summed E-state index contributed by atoms with van der Waals surface area (Å²) < 4.78 is 231. The van der Waals surface area contributed by atoms with Crippen LogP contribution < -0.4 is 0 Å². The molecule has 31 heteroatoms. The summed E-state index contributed by atoms with van der Waals surface area (Å²) in [5, 5.41) is 8.79. The first-order valence-electron chi connectivity index (χ1n) is 13.4. The SMILES string of the molecule is O=S(=O)(O)c1c(S(=O)(=O)O)c(O)c2c([nH]c3ccccc32)c1S(=O)(=O)O.O=S(=O)(O)c1c(S(=O)(=O)O)c(S(=O)(=O)O)c2c([nH]c3ccccc32)c1S(=O)(=O)O. The maximum atomic E-state index is 12.0. The van der Waals surface area contributed by atoms with Crippen LogP contribution in [-0.4, -0.2) is 106 Å². The monoisotopic (exact) mass is 910 g/mol. The molecule has 0 aliphatic heterocycles. The van der Waals surface area contributed by atoms with Crippen LogP contribution in [0.2, 0.25) is 0 Å². The first-order chi connectivity index (χ1) is 24.7. The number of aromatic amines is 2. The molecule has 0 unspecified atom stereocenters. The number of para-hydroxylation sites is 2. The second kappa shape index (κ2) is 12.8. The number of nitrogens with one attached hydrogen (secondary N) is 2. The van der Waals surface area contributed by atoms with Crippen molar-refractivity contribution < 1.29 is 95.9 Å². The van der Waals surface area contributed by atoms with Gasteiger partial charge in [0.15, 0.2) is 4.90 Å². The first-order valence-corrected chi connectivity index (χ1v) is 23.5. The minimum atomic E-state index is -5.92. The fraction of sp³-hybridized carbons (Fsp3) is 0. The molecule has 298 valence electrons. The van der Waals surface area contributed by atoms with Gasteiger partial charge in [-0.25, -0.2) is 0 Å². The molecule has 10 N–H and O–H groups in total. The Balaban J connectivity index is 0.000000212. The Bertz CT molecular complexity index is 3490. The summed E-state index contributed by atoms with van der Waals surface area (Å²) in [6.07, 6.45) is 0. The average molecular weight is 911 g/mol. The van der Waals surface area contributed by atoms with Crippen LogP contribution >= 0.6 is 0 Å². The summed E-state index contributed by atoms with van der Waals surface area (Å²) in [7, 11) is -39.8. The van der Waals surface area contributed by atoms with Gasteiger partial charge < -0.3 is 15.1 Å². The summed E-state index contributed by atoms with van der Waals surface area (Å²) in [5.41, 5.74) is -1.55. The lowest BCUT2D eigenvalue weighted by Crippen LogP contribution is -2.19. The van der Waals surface area contributed by atoms with Crippen molar-refractivity contribution in [3.63, 3.8) is 0 Å². The van der Waals surface area contributed by atoms with Crippen molar-refractivity contribution in [2.45, 2.75) is 34.3 Å². The summed E-state index contributed by atoms with van der Waals surface area (Å²) in [6.45, 7) is 0. The molecule has 0 saturated carbocycles. The Labute approximate surface area is 307 Å². The van der Waals surface area contributed by atoms with Gasteiger partial charge in [-0.05, 0) is 12.1 Å². The van der Waals surface area contributed by atoms with Crippen LogP contribution in [0.3, 0.4) is 0 Å². The fourth-order valence-electron chi connectivity index (χ4n) is 5.66. The van der Waals surface area contributed by atoms with E-state index < -0.39 is 133 Å². The van der Waals surface area contributed by atoms with E-state index >= 15 is 0 Å². The standard InChI is InChI=1S/C12H9NO12S4.C12H9NO10S3/c14-26(15,16)9-7-5-3-1-2-4-6(5)13-8(7)10(27(17,18)19)12(29(23,24)25)11(9)28(20,21)22;14-9-7-5-3-1-2-4-6(5)13-8(7)10(24(15,16)17)12(26(21,22)23)11(9)25(18,19)20/h1-4,13H,(H,14,15,16)(H,17,18,19)(H,20,21,22)(H,23,24,25);1-4,13-14H,(H,15,16,17)(H,18,19,20)(H,21,22,23). The molecule has 55 heavy (non-hydrogen) atoms. The van der Waals surface area contributed by atoms with Crippen molar-refractivity contribution in [2.24, 2.45) is 0 Å². The molecule has 0 radical (unpaired) electrons. The zero-order valence-corrected chi connectivity index (χ0v) is 31.5. The topological polar surface area (TPSA) is 432 Å². The third-order valence-electron chi connectivity index (χ3n) is 7.38. The van der Waals surface area contributed by atoms with Gasteiger partial charge in [0.2, 0.25) is 0 Å². The predicted octanol–water partition coefficient (Wildman–Crippen LogP) is 1.07. The zero-order chi connectivity index (χ0) is 41.8. The molecule has 0 aliphatic rings. The smallest absolute Gasteiger partial charge is 0.299 e. The summed E-state index contributed by atoms with van der Waals surface area (Å²) >= 11 is 0. The molecule has 0 spiro atoms. The van der Waals surface area contributed by atoms with Gasteiger partial charge in [-0.2, -0.15) is 58.9 Å². The summed E-state index contributed by atoms with van der Waals surface area (Å²) in [4.78, 5) is -8.22. The number of hydrogen-bond acceptors (Lipinski definition) is 15. The number of phenolic OH excluding ortho intramolecular Hbond substituents is 1. The average Bonchev–Trinajstić information content (AvgIpc) is 3.55. The molecule has 0 aliphatic carbocycles. The molecular weight excluding hydrogens is 893 g/mol. The normalized spacial score (nSPS) is 13.7. The highest BCUT2D eigenvalue weighted by molar-refractivity contribution is 7.92. The molecule has 0 atom stereocenters. The zero-order valence-electron chi connectivity index (χ0n) is 25.8. The number of aromatic hydroxyl groups is 1. The van der Waals surface area contributed by atoms with Gasteiger partial charge in [0.25, 0.3) is 70.8 Å². The van der Waals surface area contributed by atoms with Gasteiger partial charge in [0.05, 0.1) is 16.4 Å². The van der Waals surface area contributed by atoms with E-state index in [1.165, 1.54) is 42.5 Å². The van der Waals surface area contributed by atoms with Gasteiger partial charge in [0.1, 0.15) is 35.1 Å². The molecule has 6 rings (SSSR count). The molecule has 0 amide bonds. The second-order valence-electron chi connectivity index (χ2n) is 10.8. The van der Waals surface area contributed by atoms with Crippen molar-refractivity contribution in [3.05, 3.63) is 48.5 Å². The Morgan fingerprint density at radius 2 is 0.618 bits per heavy atom.